The lowest BCUT2D eigenvalue weighted by atomic mass is 10.0. The zero-order valence-electron chi connectivity index (χ0n) is 12.3. The number of hydrogen-bond donors (Lipinski definition) is 0. The summed E-state index contributed by atoms with van der Waals surface area (Å²) in [5, 5.41) is 9.59. The van der Waals surface area contributed by atoms with Crippen molar-refractivity contribution in [2.45, 2.75) is 25.8 Å². The molecule has 1 fully saturated rings. The summed E-state index contributed by atoms with van der Waals surface area (Å²) in [6.07, 6.45) is 2.11. The van der Waals surface area contributed by atoms with E-state index in [1.807, 2.05) is 25.1 Å². The molecular formula is C18H16ClFN2. The Kier molecular flexibility index (Phi) is 4.04. The third kappa shape index (κ3) is 2.55. The Bertz CT molecular complexity index is 734. The lowest BCUT2D eigenvalue weighted by Gasteiger charge is -2.29. The van der Waals surface area contributed by atoms with Gasteiger partial charge in [0, 0.05) is 12.2 Å². The van der Waals surface area contributed by atoms with Crippen molar-refractivity contribution in [3.05, 3.63) is 63.9 Å². The third-order valence-corrected chi connectivity index (χ3v) is 4.78. The van der Waals surface area contributed by atoms with Crippen LogP contribution in [0.2, 0.25) is 5.02 Å². The Morgan fingerprint density at radius 3 is 2.64 bits per heavy atom. The van der Waals surface area contributed by atoms with Crippen molar-refractivity contribution in [2.24, 2.45) is 0 Å². The standard InChI is InChI=1S/C18H16ClFN2/c1-12-16(9-6-14(11-21)18(12)19)22-10-2-3-17(22)13-4-7-15(20)8-5-13/h4-9,17H,2-3,10H2,1H3. The molecule has 2 nitrogen and oxygen atoms in total. The van der Waals surface area contributed by atoms with Crippen LogP contribution in [0.15, 0.2) is 36.4 Å². The minimum absolute atomic E-state index is 0.217. The van der Waals surface area contributed by atoms with E-state index in [4.69, 9.17) is 16.9 Å². The second-order valence-corrected chi connectivity index (χ2v) is 5.96. The molecule has 1 saturated heterocycles. The highest BCUT2D eigenvalue weighted by Gasteiger charge is 2.28. The van der Waals surface area contributed by atoms with Crippen LogP contribution in [0.1, 0.15) is 35.6 Å². The van der Waals surface area contributed by atoms with E-state index in [1.54, 1.807) is 6.07 Å². The molecule has 4 heteroatoms. The zero-order valence-corrected chi connectivity index (χ0v) is 13.1. The monoisotopic (exact) mass is 314 g/mol. The van der Waals surface area contributed by atoms with Crippen LogP contribution in [0.4, 0.5) is 10.1 Å². The van der Waals surface area contributed by atoms with Crippen LogP contribution in [0.25, 0.3) is 0 Å². The van der Waals surface area contributed by atoms with E-state index in [9.17, 15) is 4.39 Å². The maximum atomic E-state index is 13.1. The summed E-state index contributed by atoms with van der Waals surface area (Å²) in [7, 11) is 0. The summed E-state index contributed by atoms with van der Waals surface area (Å²) in [5.41, 5.74) is 3.59. The Hall–Kier alpha value is -2.05. The van der Waals surface area contributed by atoms with Gasteiger partial charge in [-0.05, 0) is 55.2 Å². The number of halogens is 2. The van der Waals surface area contributed by atoms with Crippen LogP contribution in [0.3, 0.4) is 0 Å². The molecule has 112 valence electrons. The lowest BCUT2D eigenvalue weighted by molar-refractivity contribution is 0.624. The van der Waals surface area contributed by atoms with Gasteiger partial charge in [-0.3, -0.25) is 0 Å². The van der Waals surface area contributed by atoms with Gasteiger partial charge in [0.25, 0.3) is 0 Å². The third-order valence-electron chi connectivity index (χ3n) is 4.30. The smallest absolute Gasteiger partial charge is 0.123 e. The van der Waals surface area contributed by atoms with Crippen LogP contribution in [-0.4, -0.2) is 6.54 Å². The molecule has 1 aliphatic heterocycles. The molecule has 2 aromatic rings. The van der Waals surface area contributed by atoms with Gasteiger partial charge in [-0.25, -0.2) is 4.39 Å². The molecule has 0 saturated carbocycles. The van der Waals surface area contributed by atoms with Gasteiger partial charge in [0.05, 0.1) is 16.6 Å². The van der Waals surface area contributed by atoms with Crippen LogP contribution in [-0.2, 0) is 0 Å². The minimum Gasteiger partial charge on any atom is -0.364 e. The molecular weight excluding hydrogens is 299 g/mol. The molecule has 0 amide bonds. The van der Waals surface area contributed by atoms with Crippen molar-refractivity contribution in [1.82, 2.24) is 0 Å². The van der Waals surface area contributed by atoms with Crippen LogP contribution in [0, 0.1) is 24.1 Å². The first kappa shape index (κ1) is 14.9. The second kappa shape index (κ2) is 5.98. The average Bonchev–Trinajstić information content (AvgIpc) is 3.00. The highest BCUT2D eigenvalue weighted by Crippen LogP contribution is 2.39. The largest absolute Gasteiger partial charge is 0.364 e. The van der Waals surface area contributed by atoms with Gasteiger partial charge in [0.15, 0.2) is 0 Å². The molecule has 1 aliphatic rings. The molecule has 0 aromatic heterocycles. The average molecular weight is 315 g/mol. The lowest BCUT2D eigenvalue weighted by Crippen LogP contribution is -2.23. The van der Waals surface area contributed by atoms with Crippen molar-refractivity contribution in [2.75, 3.05) is 11.4 Å². The summed E-state index contributed by atoms with van der Waals surface area (Å²) in [6, 6.07) is 12.8. The summed E-state index contributed by atoms with van der Waals surface area (Å²) in [6.45, 7) is 2.88. The topological polar surface area (TPSA) is 27.0 Å². The van der Waals surface area contributed by atoms with Crippen molar-refractivity contribution in [3.63, 3.8) is 0 Å². The molecule has 0 radical (unpaired) electrons. The Morgan fingerprint density at radius 2 is 1.95 bits per heavy atom. The van der Waals surface area contributed by atoms with Crippen LogP contribution < -0.4 is 4.90 Å². The summed E-state index contributed by atoms with van der Waals surface area (Å²) < 4.78 is 13.1. The van der Waals surface area contributed by atoms with E-state index < -0.39 is 0 Å². The van der Waals surface area contributed by atoms with Gasteiger partial charge in [-0.1, -0.05) is 23.7 Å². The molecule has 0 aliphatic carbocycles. The van der Waals surface area contributed by atoms with E-state index in [2.05, 4.69) is 11.0 Å². The molecule has 0 spiro atoms. The van der Waals surface area contributed by atoms with E-state index in [0.717, 1.165) is 36.2 Å². The Labute approximate surface area is 134 Å². The number of benzene rings is 2. The van der Waals surface area contributed by atoms with Gasteiger partial charge in [0.2, 0.25) is 0 Å². The van der Waals surface area contributed by atoms with Gasteiger partial charge < -0.3 is 4.90 Å². The van der Waals surface area contributed by atoms with Crippen molar-refractivity contribution >= 4 is 17.3 Å². The molecule has 0 bridgehead atoms. The molecule has 1 unspecified atom stereocenters. The number of nitrogens with zero attached hydrogens (tertiary/aromatic N) is 2. The summed E-state index contributed by atoms with van der Waals surface area (Å²) in [5.74, 6) is -0.217. The summed E-state index contributed by atoms with van der Waals surface area (Å²) >= 11 is 6.29. The van der Waals surface area contributed by atoms with E-state index in [1.165, 1.54) is 12.1 Å². The zero-order chi connectivity index (χ0) is 15.7. The predicted octanol–water partition coefficient (Wildman–Crippen LogP) is 5.00. The maximum Gasteiger partial charge on any atom is 0.123 e. The highest BCUT2D eigenvalue weighted by atomic mass is 35.5. The van der Waals surface area contributed by atoms with E-state index in [-0.39, 0.29) is 11.9 Å². The number of nitriles is 1. The van der Waals surface area contributed by atoms with Gasteiger partial charge in [-0.2, -0.15) is 5.26 Å². The molecule has 3 rings (SSSR count). The summed E-state index contributed by atoms with van der Waals surface area (Å²) in [4.78, 5) is 2.30. The maximum absolute atomic E-state index is 13.1. The quantitative estimate of drug-likeness (QED) is 0.780. The van der Waals surface area contributed by atoms with E-state index in [0.29, 0.717) is 10.6 Å². The fourth-order valence-electron chi connectivity index (χ4n) is 3.16. The van der Waals surface area contributed by atoms with Crippen molar-refractivity contribution < 1.29 is 4.39 Å². The van der Waals surface area contributed by atoms with Crippen molar-refractivity contribution in [1.29, 1.82) is 5.26 Å². The SMILES string of the molecule is Cc1c(N2CCCC2c2ccc(F)cc2)ccc(C#N)c1Cl. The fraction of sp³-hybridized carbons (Fsp3) is 0.278. The first-order valence-electron chi connectivity index (χ1n) is 7.33. The number of rotatable bonds is 2. The normalized spacial score (nSPS) is 17.5. The fourth-order valence-corrected chi connectivity index (χ4v) is 3.36. The number of anilines is 1. The van der Waals surface area contributed by atoms with E-state index >= 15 is 0 Å². The van der Waals surface area contributed by atoms with Gasteiger partial charge >= 0.3 is 0 Å². The predicted molar refractivity (Wildman–Crippen MR) is 86.6 cm³/mol. The molecule has 0 N–H and O–H groups in total. The Morgan fingerprint density at radius 1 is 1.23 bits per heavy atom. The van der Waals surface area contributed by atoms with Crippen LogP contribution >= 0.6 is 11.6 Å². The minimum atomic E-state index is -0.217. The molecule has 1 heterocycles. The molecule has 2 aromatic carbocycles. The van der Waals surface area contributed by atoms with Gasteiger partial charge in [-0.15, -0.1) is 0 Å². The molecule has 22 heavy (non-hydrogen) atoms. The van der Waals surface area contributed by atoms with Gasteiger partial charge in [0.1, 0.15) is 11.9 Å². The molecule has 1 atom stereocenters. The highest BCUT2D eigenvalue weighted by molar-refractivity contribution is 6.32. The first-order valence-corrected chi connectivity index (χ1v) is 7.71. The Balaban J connectivity index is 1.99. The van der Waals surface area contributed by atoms with Crippen LogP contribution in [0.5, 0.6) is 0 Å². The number of hydrogen-bond acceptors (Lipinski definition) is 2. The second-order valence-electron chi connectivity index (χ2n) is 5.59. The van der Waals surface area contributed by atoms with Crippen molar-refractivity contribution in [3.8, 4) is 6.07 Å². The first-order chi connectivity index (χ1) is 10.6.